The summed E-state index contributed by atoms with van der Waals surface area (Å²) in [5.74, 6) is -7.25. The molecule has 0 aromatic carbocycles. The predicted octanol–water partition coefficient (Wildman–Crippen LogP) is -1.56. The van der Waals surface area contributed by atoms with Gasteiger partial charge in [0.05, 0.1) is 25.9 Å². The molecule has 43 heavy (non-hydrogen) atoms. The number of imidazole rings is 2. The van der Waals surface area contributed by atoms with Gasteiger partial charge in [0.1, 0.15) is 43.4 Å². The molecule has 232 valence electrons. The number of ether oxygens (including phenoxy) is 2. The van der Waals surface area contributed by atoms with Crippen LogP contribution in [0.4, 0.5) is 24.9 Å². The number of nitrogen functional groups attached to an aromatic ring is 2. The number of hydrogen-bond donors (Lipinski definition) is 6. The average Bonchev–Trinajstić information content (AvgIpc) is 3.68. The Morgan fingerprint density at radius 2 is 1.84 bits per heavy atom. The van der Waals surface area contributed by atoms with E-state index >= 15 is 13.2 Å². The Labute approximate surface area is 241 Å². The molecular weight excluding hydrogens is 628 g/mol. The summed E-state index contributed by atoms with van der Waals surface area (Å²) in [5.41, 5.74) is 6.55. The molecule has 0 bridgehead atoms. The van der Waals surface area contributed by atoms with E-state index < -0.39 is 91.6 Å². The number of fused-ring (bicyclic) bond motifs is 2. The molecule has 0 aliphatic carbocycles. The van der Waals surface area contributed by atoms with Crippen LogP contribution >= 0.6 is 6.72 Å². The Bertz CT molecular complexity index is 1830. The maximum Gasteiger partial charge on any atom is 0.327 e. The van der Waals surface area contributed by atoms with Crippen LogP contribution in [0.25, 0.3) is 22.3 Å². The zero-order valence-electron chi connectivity index (χ0n) is 21.4. The van der Waals surface area contributed by atoms with Gasteiger partial charge in [0, 0.05) is 0 Å². The normalized spacial score (nSPS) is 30.3. The highest BCUT2D eigenvalue weighted by molar-refractivity contribution is 8.07. The number of nitrogens with two attached hydrogens (primary N) is 2. The lowest BCUT2D eigenvalue weighted by Gasteiger charge is -2.37. The number of rotatable bonds is 8. The lowest BCUT2D eigenvalue weighted by atomic mass is 10.0. The molecule has 4 aromatic rings. The molecule has 2 saturated heterocycles. The van der Waals surface area contributed by atoms with Gasteiger partial charge in [-0.2, -0.15) is 13.8 Å². The number of halogens is 3. The van der Waals surface area contributed by atoms with Crippen LogP contribution in [0.5, 0.6) is 0 Å². The second-order valence-corrected chi connectivity index (χ2v) is 12.4. The third-order valence-corrected chi connectivity index (χ3v) is 8.67. The van der Waals surface area contributed by atoms with E-state index in [1.165, 1.54) is 0 Å². The quantitative estimate of drug-likeness (QED) is 0.118. The molecule has 6 heterocycles. The van der Waals surface area contributed by atoms with Crippen molar-refractivity contribution in [1.82, 2.24) is 39.0 Å². The fourth-order valence-electron chi connectivity index (χ4n) is 4.93. The lowest BCUT2D eigenvalue weighted by Crippen LogP contribution is -2.54. The minimum absolute atomic E-state index is 0.0306. The Balaban J connectivity index is 1.28. The van der Waals surface area contributed by atoms with Gasteiger partial charge in [-0.15, -0.1) is 0 Å². The van der Waals surface area contributed by atoms with Crippen LogP contribution in [0, 0.1) is 0 Å². The lowest BCUT2D eigenvalue weighted by molar-refractivity contribution is -0.200. The van der Waals surface area contributed by atoms with E-state index in [-0.39, 0.29) is 17.0 Å². The van der Waals surface area contributed by atoms with Gasteiger partial charge < -0.3 is 40.6 Å². The summed E-state index contributed by atoms with van der Waals surface area (Å²) in [6.07, 6.45) is -2.72. The number of nitrogens with zero attached hydrogens (tertiary/aromatic N) is 7. The zero-order valence-corrected chi connectivity index (χ0v) is 23.2. The molecule has 4 aromatic heterocycles. The molecule has 6 atom stereocenters. The Hall–Kier alpha value is -3.34. The predicted molar refractivity (Wildman–Crippen MR) is 140 cm³/mol. The van der Waals surface area contributed by atoms with Crippen LogP contribution in [0.2, 0.25) is 0 Å². The summed E-state index contributed by atoms with van der Waals surface area (Å²) in [7, 11) is 0. The van der Waals surface area contributed by atoms with Crippen molar-refractivity contribution in [2.45, 2.75) is 35.8 Å². The van der Waals surface area contributed by atoms with Crippen LogP contribution in [0.1, 0.15) is 0 Å². The summed E-state index contributed by atoms with van der Waals surface area (Å²) in [5, 5.41) is 20.4. The third kappa shape index (κ3) is 4.48. The summed E-state index contributed by atoms with van der Waals surface area (Å²) in [6.45, 7) is -8.52. The highest BCUT2D eigenvalue weighted by Gasteiger charge is 2.69. The van der Waals surface area contributed by atoms with Crippen LogP contribution in [0.3, 0.4) is 0 Å². The van der Waals surface area contributed by atoms with E-state index in [1.54, 1.807) is 0 Å². The molecule has 2 fully saturated rings. The molecule has 0 saturated carbocycles. The molecule has 18 nitrogen and oxygen atoms in total. The standard InChI is InChI=1S/C20H22F3N10O8PS/c21-18(32-6-28-10-13(24)26-5-27-14(10)32)3-38-8(12(18)35)2-40-42(37,43)41-19(4-39-9(1-34)20(19,22)23)33-7-29-11-15(33)30-17(25)31-16(11)36/h5-9,12,34-35H,1-4H2,(H,37,43)(H2,24,26,27)(H3,25,30,31,36)/t8-,9-,12-,18+,19-,42?/m1/s1. The van der Waals surface area contributed by atoms with Crippen molar-refractivity contribution in [3.8, 4) is 0 Å². The third-order valence-electron chi connectivity index (χ3n) is 7.12. The number of hydrogen-bond acceptors (Lipinski definition) is 15. The molecule has 0 spiro atoms. The molecular formula is C20H22F3N10O8PS. The maximum absolute atomic E-state index is 16.1. The molecule has 0 amide bonds. The van der Waals surface area contributed by atoms with Crippen LogP contribution in [-0.4, -0.2) is 105 Å². The van der Waals surface area contributed by atoms with E-state index in [1.807, 2.05) is 0 Å². The van der Waals surface area contributed by atoms with Crippen LogP contribution in [-0.2, 0) is 41.8 Å². The first-order valence-corrected chi connectivity index (χ1v) is 14.8. The number of aliphatic hydroxyl groups is 2. The number of nitrogens with one attached hydrogen (secondary N) is 1. The second-order valence-electron chi connectivity index (χ2n) is 9.64. The van der Waals surface area contributed by atoms with Gasteiger partial charge in [-0.05, 0) is 11.8 Å². The number of H-pyrrole nitrogens is 1. The van der Waals surface area contributed by atoms with Crippen molar-refractivity contribution >= 4 is 52.6 Å². The molecule has 6 rings (SSSR count). The van der Waals surface area contributed by atoms with Crippen LogP contribution < -0.4 is 17.0 Å². The van der Waals surface area contributed by atoms with Crippen molar-refractivity contribution in [2.24, 2.45) is 0 Å². The van der Waals surface area contributed by atoms with Gasteiger partial charge >= 0.3 is 12.6 Å². The van der Waals surface area contributed by atoms with Gasteiger partial charge in [0.25, 0.3) is 5.56 Å². The first-order valence-electron chi connectivity index (χ1n) is 12.2. The number of alkyl halides is 3. The van der Waals surface area contributed by atoms with Crippen molar-refractivity contribution in [3.63, 3.8) is 0 Å². The van der Waals surface area contributed by atoms with Gasteiger partial charge in [-0.3, -0.25) is 23.4 Å². The fraction of sp³-hybridized carbons (Fsp3) is 0.500. The topological polar surface area (TPSA) is 257 Å². The Morgan fingerprint density at radius 1 is 1.12 bits per heavy atom. The average molecular weight is 650 g/mol. The molecule has 8 N–H and O–H groups in total. The van der Waals surface area contributed by atoms with E-state index in [4.69, 9.17) is 41.8 Å². The fourth-order valence-corrected chi connectivity index (χ4v) is 6.52. The Morgan fingerprint density at radius 3 is 2.56 bits per heavy atom. The smallest absolute Gasteiger partial charge is 0.327 e. The number of aliphatic hydroxyl groups excluding tert-OH is 2. The molecule has 0 radical (unpaired) electrons. The Kier molecular flexibility index (Phi) is 6.98. The summed E-state index contributed by atoms with van der Waals surface area (Å²) in [6, 6.07) is 0. The highest BCUT2D eigenvalue weighted by Crippen LogP contribution is 2.57. The zero-order chi connectivity index (χ0) is 30.9. The van der Waals surface area contributed by atoms with E-state index in [0.29, 0.717) is 4.57 Å². The first-order chi connectivity index (χ1) is 20.2. The van der Waals surface area contributed by atoms with E-state index in [9.17, 15) is 19.9 Å². The number of aromatic amines is 1. The maximum atomic E-state index is 16.1. The van der Waals surface area contributed by atoms with Crippen molar-refractivity contribution in [3.05, 3.63) is 29.3 Å². The summed E-state index contributed by atoms with van der Waals surface area (Å²) < 4.78 is 70.2. The number of aromatic nitrogens is 8. The largest absolute Gasteiger partial charge is 0.393 e. The first kappa shape index (κ1) is 29.7. The SMILES string of the molecule is Nc1nc2c(ncn2[C@@]2(OP(O)(=S)OC[C@H]3OC[C@](F)(n4cnc5c(N)ncnc54)[C@@H]3O)CO[C@H](CO)C2(F)F)c(=O)[nH]1. The van der Waals surface area contributed by atoms with Gasteiger partial charge in [-0.1, -0.05) is 0 Å². The molecule has 2 aliphatic heterocycles. The number of anilines is 2. The van der Waals surface area contributed by atoms with Gasteiger partial charge in [0.15, 0.2) is 22.6 Å². The molecule has 2 aliphatic rings. The van der Waals surface area contributed by atoms with E-state index in [0.717, 1.165) is 23.5 Å². The highest BCUT2D eigenvalue weighted by atomic mass is 32.5. The van der Waals surface area contributed by atoms with Crippen molar-refractivity contribution in [2.75, 3.05) is 37.9 Å². The minimum Gasteiger partial charge on any atom is -0.393 e. The summed E-state index contributed by atoms with van der Waals surface area (Å²) in [4.78, 5) is 44.7. The molecule has 1 unspecified atom stereocenters. The molecule has 23 heteroatoms. The summed E-state index contributed by atoms with van der Waals surface area (Å²) >= 11 is 5.01. The van der Waals surface area contributed by atoms with Crippen LogP contribution in [0.15, 0.2) is 23.8 Å². The van der Waals surface area contributed by atoms with Crippen molar-refractivity contribution in [1.29, 1.82) is 0 Å². The van der Waals surface area contributed by atoms with Gasteiger partial charge in [0.2, 0.25) is 17.5 Å². The monoisotopic (exact) mass is 650 g/mol. The van der Waals surface area contributed by atoms with Gasteiger partial charge in [-0.25, -0.2) is 24.3 Å². The second kappa shape index (κ2) is 10.1. The van der Waals surface area contributed by atoms with Crippen molar-refractivity contribution < 1.29 is 46.8 Å². The minimum atomic E-state index is -4.77. The van der Waals surface area contributed by atoms with E-state index in [2.05, 4.69) is 29.9 Å².